The molecule has 3 aromatic rings. The van der Waals surface area contributed by atoms with Crippen LogP contribution in [0.1, 0.15) is 23.4 Å². The normalized spacial score (nSPS) is 14.6. The van der Waals surface area contributed by atoms with E-state index >= 15 is 0 Å². The minimum absolute atomic E-state index is 0.321. The number of morpholine rings is 1. The van der Waals surface area contributed by atoms with Gasteiger partial charge in [0.1, 0.15) is 5.82 Å². The number of aryl methyl sites for hydroxylation is 1. The SMILES string of the molecule is Cc1cc(NCCCN2CCOCC2)nc(N/N=C/c2ccc(Nc3cccc(C(F)(F)F)c3)cn2)n1. The maximum Gasteiger partial charge on any atom is 0.416 e. The van der Waals surface area contributed by atoms with Crippen LogP contribution in [0.5, 0.6) is 0 Å². The molecular formula is C25H29F3N8O. The molecule has 1 fully saturated rings. The van der Waals surface area contributed by atoms with Crippen LogP contribution in [0.2, 0.25) is 0 Å². The van der Waals surface area contributed by atoms with E-state index < -0.39 is 11.7 Å². The smallest absolute Gasteiger partial charge is 0.379 e. The van der Waals surface area contributed by atoms with Crippen molar-refractivity contribution >= 4 is 29.4 Å². The highest BCUT2D eigenvalue weighted by Crippen LogP contribution is 2.31. The molecule has 0 aliphatic carbocycles. The van der Waals surface area contributed by atoms with Crippen molar-refractivity contribution in [3.05, 3.63) is 65.6 Å². The Morgan fingerprint density at radius 2 is 1.92 bits per heavy atom. The Morgan fingerprint density at radius 3 is 2.68 bits per heavy atom. The van der Waals surface area contributed by atoms with Crippen LogP contribution in [0.25, 0.3) is 0 Å². The van der Waals surface area contributed by atoms with E-state index in [1.54, 1.807) is 18.2 Å². The molecule has 1 aromatic carbocycles. The number of hydrogen-bond acceptors (Lipinski definition) is 9. The van der Waals surface area contributed by atoms with E-state index in [0.717, 1.165) is 69.5 Å². The van der Waals surface area contributed by atoms with Gasteiger partial charge >= 0.3 is 6.18 Å². The average Bonchev–Trinajstić information content (AvgIpc) is 2.88. The van der Waals surface area contributed by atoms with Crippen LogP contribution in [0.3, 0.4) is 0 Å². The highest BCUT2D eigenvalue weighted by Gasteiger charge is 2.30. The fourth-order valence-electron chi connectivity index (χ4n) is 3.70. The van der Waals surface area contributed by atoms with Crippen molar-refractivity contribution in [3.63, 3.8) is 0 Å². The molecule has 0 spiro atoms. The van der Waals surface area contributed by atoms with E-state index in [2.05, 4.69) is 41.0 Å². The number of pyridine rings is 1. The maximum atomic E-state index is 12.9. The first-order valence-corrected chi connectivity index (χ1v) is 11.9. The number of nitrogens with one attached hydrogen (secondary N) is 3. The predicted octanol–water partition coefficient (Wildman–Crippen LogP) is 4.52. The van der Waals surface area contributed by atoms with Crippen LogP contribution in [0, 0.1) is 6.92 Å². The zero-order valence-electron chi connectivity index (χ0n) is 20.4. The van der Waals surface area contributed by atoms with Gasteiger partial charge in [-0.25, -0.2) is 10.4 Å². The Bertz CT molecular complexity index is 1180. The Hall–Kier alpha value is -3.77. The third-order valence-electron chi connectivity index (χ3n) is 5.54. The number of halogens is 3. The molecule has 1 aliphatic heterocycles. The molecule has 0 atom stereocenters. The number of hydrogen-bond donors (Lipinski definition) is 3. The Balaban J connectivity index is 1.26. The summed E-state index contributed by atoms with van der Waals surface area (Å²) in [6.07, 6.45) is -0.378. The van der Waals surface area contributed by atoms with Crippen molar-refractivity contribution in [3.8, 4) is 0 Å². The Labute approximate surface area is 213 Å². The number of rotatable bonds is 10. The van der Waals surface area contributed by atoms with Crippen LogP contribution < -0.4 is 16.1 Å². The fraction of sp³-hybridized carbons (Fsp3) is 0.360. The fourth-order valence-corrected chi connectivity index (χ4v) is 3.70. The summed E-state index contributed by atoms with van der Waals surface area (Å²) in [5.41, 5.74) is 4.32. The summed E-state index contributed by atoms with van der Waals surface area (Å²) in [4.78, 5) is 15.4. The topological polar surface area (TPSA) is 99.6 Å². The molecule has 0 saturated carbocycles. The third-order valence-corrected chi connectivity index (χ3v) is 5.54. The first-order chi connectivity index (χ1) is 17.8. The van der Waals surface area contributed by atoms with Crippen LogP contribution in [0.15, 0.2) is 53.8 Å². The number of benzene rings is 1. The molecule has 3 heterocycles. The molecule has 37 heavy (non-hydrogen) atoms. The molecule has 1 aliphatic rings. The van der Waals surface area contributed by atoms with Crippen LogP contribution in [-0.2, 0) is 10.9 Å². The van der Waals surface area contributed by atoms with Gasteiger partial charge < -0.3 is 15.4 Å². The highest BCUT2D eigenvalue weighted by atomic mass is 19.4. The Kier molecular flexibility index (Phi) is 8.86. The first kappa shape index (κ1) is 26.3. The standard InChI is InChI=1S/C25H29F3N8O/c1-18-14-23(29-8-3-9-36-10-12-37-13-11-36)34-24(32-18)35-31-17-21-6-7-22(16-30-21)33-20-5-2-4-19(15-20)25(26,27)28/h2,4-7,14-17,33H,3,8-13H2,1H3,(H2,29,32,34,35)/b31-17+. The molecule has 0 unspecified atom stereocenters. The molecular weight excluding hydrogens is 485 g/mol. The van der Waals surface area contributed by atoms with Gasteiger partial charge in [-0.3, -0.25) is 9.88 Å². The highest BCUT2D eigenvalue weighted by molar-refractivity contribution is 5.78. The van der Waals surface area contributed by atoms with Crippen LogP contribution in [-0.4, -0.2) is 65.5 Å². The maximum absolute atomic E-state index is 12.9. The van der Waals surface area contributed by atoms with Gasteiger partial charge in [-0.15, -0.1) is 0 Å². The molecule has 0 radical (unpaired) electrons. The largest absolute Gasteiger partial charge is 0.416 e. The van der Waals surface area contributed by atoms with Crippen molar-refractivity contribution in [2.45, 2.75) is 19.5 Å². The van der Waals surface area contributed by atoms with Crippen molar-refractivity contribution in [1.29, 1.82) is 0 Å². The van der Waals surface area contributed by atoms with E-state index in [9.17, 15) is 13.2 Å². The average molecular weight is 515 g/mol. The number of anilines is 4. The van der Waals surface area contributed by atoms with E-state index in [4.69, 9.17) is 4.74 Å². The van der Waals surface area contributed by atoms with Gasteiger partial charge in [0.2, 0.25) is 5.95 Å². The van der Waals surface area contributed by atoms with E-state index in [1.807, 2.05) is 13.0 Å². The number of aromatic nitrogens is 3. The molecule has 9 nitrogen and oxygen atoms in total. The minimum atomic E-state index is -4.40. The molecule has 0 bridgehead atoms. The summed E-state index contributed by atoms with van der Waals surface area (Å²) in [7, 11) is 0. The van der Waals surface area contributed by atoms with Gasteiger partial charge in [-0.1, -0.05) is 6.07 Å². The summed E-state index contributed by atoms with van der Waals surface area (Å²) in [6.45, 7) is 7.23. The number of hydrazone groups is 1. The minimum Gasteiger partial charge on any atom is -0.379 e. The van der Waals surface area contributed by atoms with Crippen molar-refractivity contribution in [1.82, 2.24) is 19.9 Å². The molecule has 0 amide bonds. The zero-order valence-corrected chi connectivity index (χ0v) is 20.4. The van der Waals surface area contributed by atoms with Gasteiger partial charge in [0.25, 0.3) is 0 Å². The number of alkyl halides is 3. The Morgan fingerprint density at radius 1 is 1.08 bits per heavy atom. The molecule has 3 N–H and O–H groups in total. The molecule has 12 heteroatoms. The van der Waals surface area contributed by atoms with E-state index in [1.165, 1.54) is 18.5 Å². The van der Waals surface area contributed by atoms with Gasteiger partial charge in [0, 0.05) is 37.1 Å². The lowest BCUT2D eigenvalue weighted by molar-refractivity contribution is -0.137. The summed E-state index contributed by atoms with van der Waals surface area (Å²) in [6, 6.07) is 10.3. The van der Waals surface area contributed by atoms with Crippen molar-refractivity contribution in [2.24, 2.45) is 5.10 Å². The monoisotopic (exact) mass is 514 g/mol. The van der Waals surface area contributed by atoms with Crippen LogP contribution in [0.4, 0.5) is 36.3 Å². The molecule has 1 saturated heterocycles. The second-order valence-corrected chi connectivity index (χ2v) is 8.50. The lowest BCUT2D eigenvalue weighted by Gasteiger charge is -2.26. The summed E-state index contributed by atoms with van der Waals surface area (Å²) < 4.78 is 44.1. The second kappa shape index (κ2) is 12.5. The lowest BCUT2D eigenvalue weighted by Crippen LogP contribution is -2.37. The number of nitrogens with zero attached hydrogens (tertiary/aromatic N) is 5. The lowest BCUT2D eigenvalue weighted by atomic mass is 10.2. The van der Waals surface area contributed by atoms with Crippen molar-refractivity contribution in [2.75, 3.05) is 55.5 Å². The van der Waals surface area contributed by atoms with Crippen LogP contribution >= 0.6 is 0 Å². The zero-order chi connectivity index (χ0) is 26.1. The molecule has 4 rings (SSSR count). The van der Waals surface area contributed by atoms with Gasteiger partial charge in [0.15, 0.2) is 0 Å². The summed E-state index contributed by atoms with van der Waals surface area (Å²) >= 11 is 0. The van der Waals surface area contributed by atoms with E-state index in [0.29, 0.717) is 23.0 Å². The van der Waals surface area contributed by atoms with E-state index in [-0.39, 0.29) is 0 Å². The summed E-state index contributed by atoms with van der Waals surface area (Å²) in [5.74, 6) is 1.07. The van der Waals surface area contributed by atoms with Gasteiger partial charge in [0.05, 0.1) is 42.6 Å². The first-order valence-electron chi connectivity index (χ1n) is 11.9. The summed E-state index contributed by atoms with van der Waals surface area (Å²) in [5, 5.41) is 10.4. The quantitative estimate of drug-likeness (QED) is 0.206. The van der Waals surface area contributed by atoms with Gasteiger partial charge in [-0.2, -0.15) is 23.3 Å². The molecule has 2 aromatic heterocycles. The number of ether oxygens (including phenoxy) is 1. The third kappa shape index (κ3) is 8.40. The second-order valence-electron chi connectivity index (χ2n) is 8.50. The predicted molar refractivity (Wildman–Crippen MR) is 137 cm³/mol. The van der Waals surface area contributed by atoms with Gasteiger partial charge in [-0.05, 0) is 50.2 Å². The van der Waals surface area contributed by atoms with Crippen molar-refractivity contribution < 1.29 is 17.9 Å². The molecule has 196 valence electrons.